The van der Waals surface area contributed by atoms with E-state index in [-0.39, 0.29) is 0 Å². The molecule has 0 fully saturated rings. The zero-order valence-corrected chi connectivity index (χ0v) is 10.1. The monoisotopic (exact) mass is 225 g/mol. The van der Waals surface area contributed by atoms with Crippen molar-refractivity contribution in [2.45, 2.75) is 31.2 Å². The topological polar surface area (TPSA) is 37.8 Å². The lowest BCUT2D eigenvalue weighted by Crippen LogP contribution is -2.15. The third kappa shape index (κ3) is 6.47. The van der Waals surface area contributed by atoms with Crippen molar-refractivity contribution in [3.8, 4) is 0 Å². The lowest BCUT2D eigenvalue weighted by molar-refractivity contribution is 0.635. The molecule has 15 heavy (non-hydrogen) atoms. The van der Waals surface area contributed by atoms with Gasteiger partial charge in [-0.05, 0) is 38.1 Å². The predicted octanol–water partition coefficient (Wildman–Crippen LogP) is 2.35. The SMILES string of the molecule is CCCNCCCCSc1cnccn1. The lowest BCUT2D eigenvalue weighted by atomic mass is 10.3. The van der Waals surface area contributed by atoms with Gasteiger partial charge in [0.15, 0.2) is 0 Å². The molecule has 1 rings (SSSR count). The Labute approximate surface area is 96.1 Å². The molecule has 0 amide bonds. The Morgan fingerprint density at radius 1 is 1.27 bits per heavy atom. The Morgan fingerprint density at radius 2 is 2.20 bits per heavy atom. The van der Waals surface area contributed by atoms with E-state index in [4.69, 9.17) is 0 Å². The molecule has 1 N–H and O–H groups in total. The molecule has 84 valence electrons. The van der Waals surface area contributed by atoms with Gasteiger partial charge in [0.1, 0.15) is 5.03 Å². The van der Waals surface area contributed by atoms with Crippen LogP contribution in [0.2, 0.25) is 0 Å². The highest BCUT2D eigenvalue weighted by Crippen LogP contribution is 2.14. The molecule has 1 aromatic heterocycles. The van der Waals surface area contributed by atoms with Crippen LogP contribution in [0.25, 0.3) is 0 Å². The molecule has 0 saturated carbocycles. The fourth-order valence-electron chi connectivity index (χ4n) is 1.19. The number of hydrogen-bond acceptors (Lipinski definition) is 4. The zero-order chi connectivity index (χ0) is 10.8. The first-order valence-electron chi connectivity index (χ1n) is 5.53. The molecule has 0 atom stereocenters. The Bertz CT molecular complexity index is 241. The van der Waals surface area contributed by atoms with Gasteiger partial charge in [0, 0.05) is 12.4 Å². The molecule has 0 bridgehead atoms. The van der Waals surface area contributed by atoms with Gasteiger partial charge in [0.25, 0.3) is 0 Å². The van der Waals surface area contributed by atoms with Crippen LogP contribution < -0.4 is 5.32 Å². The molecule has 0 aliphatic rings. The molecule has 0 unspecified atom stereocenters. The van der Waals surface area contributed by atoms with Crippen LogP contribution in [-0.4, -0.2) is 28.8 Å². The number of thioether (sulfide) groups is 1. The third-order valence-electron chi connectivity index (χ3n) is 1.96. The summed E-state index contributed by atoms with van der Waals surface area (Å²) in [4.78, 5) is 8.24. The van der Waals surface area contributed by atoms with Crippen molar-refractivity contribution in [1.29, 1.82) is 0 Å². The average Bonchev–Trinajstić information content (AvgIpc) is 2.29. The molecular weight excluding hydrogens is 206 g/mol. The first-order valence-corrected chi connectivity index (χ1v) is 6.51. The van der Waals surface area contributed by atoms with E-state index in [0.29, 0.717) is 0 Å². The highest BCUT2D eigenvalue weighted by molar-refractivity contribution is 7.99. The van der Waals surface area contributed by atoms with Crippen molar-refractivity contribution in [2.24, 2.45) is 0 Å². The quantitative estimate of drug-likeness (QED) is 0.544. The smallest absolute Gasteiger partial charge is 0.114 e. The van der Waals surface area contributed by atoms with Gasteiger partial charge in [-0.1, -0.05) is 6.92 Å². The van der Waals surface area contributed by atoms with E-state index in [1.807, 2.05) is 6.20 Å². The molecule has 0 saturated heterocycles. The first-order chi connectivity index (χ1) is 7.43. The van der Waals surface area contributed by atoms with E-state index in [1.165, 1.54) is 19.3 Å². The summed E-state index contributed by atoms with van der Waals surface area (Å²) in [6.07, 6.45) is 8.96. The summed E-state index contributed by atoms with van der Waals surface area (Å²) in [7, 11) is 0. The lowest BCUT2D eigenvalue weighted by Gasteiger charge is -2.02. The van der Waals surface area contributed by atoms with Crippen LogP contribution >= 0.6 is 11.8 Å². The molecule has 4 heteroatoms. The van der Waals surface area contributed by atoms with Crippen LogP contribution in [0.1, 0.15) is 26.2 Å². The second-order valence-electron chi connectivity index (χ2n) is 3.35. The van der Waals surface area contributed by atoms with Crippen LogP contribution in [0.3, 0.4) is 0 Å². The average molecular weight is 225 g/mol. The summed E-state index contributed by atoms with van der Waals surface area (Å²) in [6, 6.07) is 0. The third-order valence-corrected chi connectivity index (χ3v) is 2.96. The Hall–Kier alpha value is -0.610. The number of unbranched alkanes of at least 4 members (excludes halogenated alkanes) is 1. The van der Waals surface area contributed by atoms with Gasteiger partial charge in [-0.2, -0.15) is 0 Å². The summed E-state index contributed by atoms with van der Waals surface area (Å²) >= 11 is 1.78. The molecule has 0 aliphatic carbocycles. The Morgan fingerprint density at radius 3 is 2.93 bits per heavy atom. The highest BCUT2D eigenvalue weighted by Gasteiger charge is 1.94. The summed E-state index contributed by atoms with van der Waals surface area (Å²) in [5.74, 6) is 1.13. The van der Waals surface area contributed by atoms with E-state index >= 15 is 0 Å². The van der Waals surface area contributed by atoms with Crippen LogP contribution in [-0.2, 0) is 0 Å². The van der Waals surface area contributed by atoms with E-state index in [2.05, 4.69) is 22.2 Å². The maximum Gasteiger partial charge on any atom is 0.114 e. The zero-order valence-electron chi connectivity index (χ0n) is 9.28. The van der Waals surface area contributed by atoms with Crippen molar-refractivity contribution in [3.05, 3.63) is 18.6 Å². The second kappa shape index (κ2) is 8.68. The normalized spacial score (nSPS) is 10.5. The molecule has 0 spiro atoms. The molecule has 0 aromatic carbocycles. The standard InChI is InChI=1S/C11H19N3S/c1-2-5-12-6-3-4-9-15-11-10-13-7-8-14-11/h7-8,10,12H,2-6,9H2,1H3. The van der Waals surface area contributed by atoms with Crippen molar-refractivity contribution in [3.63, 3.8) is 0 Å². The van der Waals surface area contributed by atoms with E-state index < -0.39 is 0 Å². The fourth-order valence-corrected chi connectivity index (χ4v) is 2.02. The van der Waals surface area contributed by atoms with Gasteiger partial charge in [-0.25, -0.2) is 4.98 Å². The second-order valence-corrected chi connectivity index (χ2v) is 4.46. The first kappa shape index (κ1) is 12.5. The van der Waals surface area contributed by atoms with Crippen LogP contribution in [0, 0.1) is 0 Å². The number of nitrogens with zero attached hydrogens (tertiary/aromatic N) is 2. The molecule has 1 heterocycles. The van der Waals surface area contributed by atoms with Crippen molar-refractivity contribution in [2.75, 3.05) is 18.8 Å². The summed E-state index contributed by atoms with van der Waals surface area (Å²) < 4.78 is 0. The maximum atomic E-state index is 4.21. The van der Waals surface area contributed by atoms with Crippen LogP contribution in [0.5, 0.6) is 0 Å². The number of nitrogens with one attached hydrogen (secondary N) is 1. The van der Waals surface area contributed by atoms with Crippen LogP contribution in [0.15, 0.2) is 23.6 Å². The maximum absolute atomic E-state index is 4.21. The Balaban J connectivity index is 1.93. The minimum atomic E-state index is 1.03. The number of aromatic nitrogens is 2. The van der Waals surface area contributed by atoms with Crippen molar-refractivity contribution < 1.29 is 0 Å². The molecule has 0 radical (unpaired) electrons. The van der Waals surface area contributed by atoms with Gasteiger partial charge in [-0.15, -0.1) is 11.8 Å². The molecule has 1 aromatic rings. The van der Waals surface area contributed by atoms with Gasteiger partial charge < -0.3 is 5.32 Å². The fraction of sp³-hybridized carbons (Fsp3) is 0.636. The Kier molecular flexibility index (Phi) is 7.21. The van der Waals surface area contributed by atoms with E-state index in [1.54, 1.807) is 24.2 Å². The highest BCUT2D eigenvalue weighted by atomic mass is 32.2. The van der Waals surface area contributed by atoms with Crippen LogP contribution in [0.4, 0.5) is 0 Å². The number of rotatable bonds is 8. The largest absolute Gasteiger partial charge is 0.317 e. The minimum Gasteiger partial charge on any atom is -0.317 e. The van der Waals surface area contributed by atoms with Gasteiger partial charge >= 0.3 is 0 Å². The van der Waals surface area contributed by atoms with Crippen molar-refractivity contribution >= 4 is 11.8 Å². The molecule has 0 aliphatic heterocycles. The van der Waals surface area contributed by atoms with Gasteiger partial charge in [0.05, 0.1) is 6.20 Å². The van der Waals surface area contributed by atoms with Crippen molar-refractivity contribution in [1.82, 2.24) is 15.3 Å². The number of hydrogen-bond donors (Lipinski definition) is 1. The van der Waals surface area contributed by atoms with Gasteiger partial charge in [-0.3, -0.25) is 4.98 Å². The minimum absolute atomic E-state index is 1.03. The molecular formula is C11H19N3S. The van der Waals surface area contributed by atoms with E-state index in [0.717, 1.165) is 23.9 Å². The molecule has 3 nitrogen and oxygen atoms in total. The summed E-state index contributed by atoms with van der Waals surface area (Å²) in [5.41, 5.74) is 0. The van der Waals surface area contributed by atoms with Gasteiger partial charge in [0.2, 0.25) is 0 Å². The summed E-state index contributed by atoms with van der Waals surface area (Å²) in [5, 5.41) is 4.42. The predicted molar refractivity (Wildman–Crippen MR) is 65.2 cm³/mol. The summed E-state index contributed by atoms with van der Waals surface area (Å²) in [6.45, 7) is 4.46. The van der Waals surface area contributed by atoms with E-state index in [9.17, 15) is 0 Å².